The van der Waals surface area contributed by atoms with Gasteiger partial charge in [0.15, 0.2) is 8.24 Å². The first-order valence-corrected chi connectivity index (χ1v) is 11.2. The van der Waals surface area contributed by atoms with Crippen molar-refractivity contribution in [3.05, 3.63) is 30.1 Å². The number of esters is 1. The second-order valence-corrected chi connectivity index (χ2v) is 14.3. The fraction of sp³-hybridized carbons (Fsp3) is 0.650. The lowest BCUT2D eigenvalue weighted by Crippen LogP contribution is -2.51. The largest absolute Gasteiger partial charge is 0.457 e. The van der Waals surface area contributed by atoms with E-state index in [0.29, 0.717) is 16.6 Å². The number of nitrogens with zero attached hydrogens (tertiary/aromatic N) is 1. The Morgan fingerprint density at radius 3 is 2.00 bits per heavy atom. The maximum atomic E-state index is 11.9. The number of carbonyl (C=O) groups excluding carboxylic acids is 1. The minimum Gasteiger partial charge on any atom is -0.457 e. The molecule has 1 aromatic rings. The summed E-state index contributed by atoms with van der Waals surface area (Å²) in [6, 6.07) is 2.09. The normalized spacial score (nSPS) is 13.5. The van der Waals surface area contributed by atoms with Gasteiger partial charge in [0.1, 0.15) is 5.60 Å². The standard InChI is InChI=1S/C20H35NO2Si/c1-15(2)24(16(3)4,17(5)6)21-13-12-18(14-21)10-11-19(22)23-20(7,8)9/h10-17H,1-9H3/b11-10+. The van der Waals surface area contributed by atoms with Crippen LogP contribution in [0.2, 0.25) is 16.6 Å². The fourth-order valence-electron chi connectivity index (χ4n) is 4.15. The van der Waals surface area contributed by atoms with Crippen LogP contribution >= 0.6 is 0 Å². The van der Waals surface area contributed by atoms with E-state index < -0.39 is 13.8 Å². The smallest absolute Gasteiger partial charge is 0.331 e. The summed E-state index contributed by atoms with van der Waals surface area (Å²) < 4.78 is 7.80. The monoisotopic (exact) mass is 349 g/mol. The van der Waals surface area contributed by atoms with Gasteiger partial charge in [-0.3, -0.25) is 0 Å². The highest BCUT2D eigenvalue weighted by molar-refractivity contribution is 6.82. The van der Waals surface area contributed by atoms with Gasteiger partial charge in [0, 0.05) is 12.3 Å². The SMILES string of the molecule is CC(C)[Si](C(C)C)(C(C)C)n1ccc(/C=C/C(=O)OC(C)(C)C)c1. The summed E-state index contributed by atoms with van der Waals surface area (Å²) in [5.74, 6) is -0.296. The van der Waals surface area contributed by atoms with Gasteiger partial charge in [-0.25, -0.2) is 4.79 Å². The van der Waals surface area contributed by atoms with Crippen molar-refractivity contribution >= 4 is 20.3 Å². The van der Waals surface area contributed by atoms with Crippen molar-refractivity contribution in [2.75, 3.05) is 0 Å². The Balaban J connectivity index is 3.08. The van der Waals surface area contributed by atoms with Crippen molar-refractivity contribution in [1.82, 2.24) is 4.23 Å². The van der Waals surface area contributed by atoms with Crippen LogP contribution in [0.15, 0.2) is 24.5 Å². The van der Waals surface area contributed by atoms with Crippen LogP contribution in [0.3, 0.4) is 0 Å². The summed E-state index contributed by atoms with van der Waals surface area (Å²) in [5.41, 5.74) is 2.54. The average Bonchev–Trinajstić information content (AvgIpc) is 2.82. The molecule has 0 atom stereocenters. The number of rotatable bonds is 6. The quantitative estimate of drug-likeness (QED) is 0.365. The molecule has 0 aliphatic heterocycles. The third kappa shape index (κ3) is 4.62. The van der Waals surface area contributed by atoms with E-state index in [9.17, 15) is 4.79 Å². The molecule has 1 heterocycles. The third-order valence-corrected chi connectivity index (χ3v) is 11.5. The van der Waals surface area contributed by atoms with E-state index in [1.165, 1.54) is 6.08 Å². The molecule has 0 N–H and O–H groups in total. The lowest BCUT2D eigenvalue weighted by atomic mass is 10.2. The molecule has 136 valence electrons. The van der Waals surface area contributed by atoms with Gasteiger partial charge in [-0.1, -0.05) is 41.5 Å². The van der Waals surface area contributed by atoms with Crippen molar-refractivity contribution in [2.45, 2.75) is 84.5 Å². The van der Waals surface area contributed by atoms with E-state index in [4.69, 9.17) is 4.74 Å². The maximum absolute atomic E-state index is 11.9. The van der Waals surface area contributed by atoms with Crippen molar-refractivity contribution in [2.24, 2.45) is 0 Å². The summed E-state index contributed by atoms with van der Waals surface area (Å²) in [6.45, 7) is 19.7. The molecule has 4 heteroatoms. The van der Waals surface area contributed by atoms with Gasteiger partial charge < -0.3 is 8.97 Å². The zero-order valence-electron chi connectivity index (χ0n) is 16.9. The first kappa shape index (κ1) is 20.8. The molecule has 0 aliphatic carbocycles. The highest BCUT2D eigenvalue weighted by Crippen LogP contribution is 2.42. The van der Waals surface area contributed by atoms with Crippen molar-refractivity contribution in [3.63, 3.8) is 0 Å². The van der Waals surface area contributed by atoms with Gasteiger partial charge in [0.2, 0.25) is 0 Å². The Kier molecular flexibility index (Phi) is 6.68. The van der Waals surface area contributed by atoms with E-state index in [1.807, 2.05) is 26.8 Å². The van der Waals surface area contributed by atoms with Crippen LogP contribution in [0, 0.1) is 0 Å². The number of hydrogen-bond acceptors (Lipinski definition) is 2. The molecule has 0 fully saturated rings. The number of ether oxygens (including phenoxy) is 1. The summed E-state index contributed by atoms with van der Waals surface area (Å²) in [5, 5.41) is 0. The Labute approximate surface area is 149 Å². The van der Waals surface area contributed by atoms with Crippen LogP contribution in [-0.4, -0.2) is 24.0 Å². The van der Waals surface area contributed by atoms with Crippen LogP contribution in [0.5, 0.6) is 0 Å². The van der Waals surface area contributed by atoms with Gasteiger partial charge in [-0.2, -0.15) is 0 Å². The molecule has 0 amide bonds. The van der Waals surface area contributed by atoms with E-state index in [0.717, 1.165) is 5.56 Å². The highest BCUT2D eigenvalue weighted by atomic mass is 28.3. The van der Waals surface area contributed by atoms with Gasteiger partial charge in [0.05, 0.1) is 0 Å². The summed E-state index contributed by atoms with van der Waals surface area (Å²) in [6.07, 6.45) is 7.77. The van der Waals surface area contributed by atoms with Gasteiger partial charge in [-0.05, 0) is 61.3 Å². The predicted molar refractivity (Wildman–Crippen MR) is 106 cm³/mol. The van der Waals surface area contributed by atoms with Crippen molar-refractivity contribution in [1.29, 1.82) is 0 Å². The lowest BCUT2D eigenvalue weighted by Gasteiger charge is -2.44. The highest BCUT2D eigenvalue weighted by Gasteiger charge is 2.44. The van der Waals surface area contributed by atoms with Crippen molar-refractivity contribution < 1.29 is 9.53 Å². The molecular formula is C20H35NO2Si. The fourth-order valence-corrected chi connectivity index (χ4v) is 10.6. The van der Waals surface area contributed by atoms with Crippen LogP contribution < -0.4 is 0 Å². The second kappa shape index (κ2) is 7.73. The van der Waals surface area contributed by atoms with E-state index >= 15 is 0 Å². The van der Waals surface area contributed by atoms with Crippen LogP contribution in [0.4, 0.5) is 0 Å². The predicted octanol–water partition coefficient (Wildman–Crippen LogP) is 5.87. The molecular weight excluding hydrogens is 314 g/mol. The lowest BCUT2D eigenvalue weighted by molar-refractivity contribution is -0.148. The van der Waals surface area contributed by atoms with Gasteiger partial charge in [-0.15, -0.1) is 0 Å². The van der Waals surface area contributed by atoms with Gasteiger partial charge in [0.25, 0.3) is 0 Å². The molecule has 0 radical (unpaired) electrons. The molecule has 1 aromatic heterocycles. The Morgan fingerprint density at radius 2 is 1.58 bits per heavy atom. The van der Waals surface area contributed by atoms with Crippen molar-refractivity contribution in [3.8, 4) is 0 Å². The molecule has 0 saturated heterocycles. The first-order chi connectivity index (χ1) is 10.9. The van der Waals surface area contributed by atoms with Crippen LogP contribution in [0.1, 0.15) is 67.9 Å². The third-order valence-electron chi connectivity index (χ3n) is 4.76. The minimum absolute atomic E-state index is 0.296. The Hall–Kier alpha value is -1.29. The Bertz CT molecular complexity index is 555. The van der Waals surface area contributed by atoms with Crippen LogP contribution in [-0.2, 0) is 9.53 Å². The Morgan fingerprint density at radius 1 is 1.08 bits per heavy atom. The second-order valence-electron chi connectivity index (χ2n) is 8.57. The summed E-state index contributed by atoms with van der Waals surface area (Å²) in [7, 11) is -1.71. The van der Waals surface area contributed by atoms with Crippen LogP contribution in [0.25, 0.3) is 6.08 Å². The average molecular weight is 350 g/mol. The summed E-state index contributed by atoms with van der Waals surface area (Å²) >= 11 is 0. The number of aromatic nitrogens is 1. The molecule has 24 heavy (non-hydrogen) atoms. The molecule has 0 aliphatic rings. The molecule has 0 spiro atoms. The summed E-state index contributed by atoms with van der Waals surface area (Å²) in [4.78, 5) is 11.9. The molecule has 0 bridgehead atoms. The first-order valence-electron chi connectivity index (χ1n) is 9.00. The number of carbonyl (C=O) groups is 1. The molecule has 0 unspecified atom stereocenters. The maximum Gasteiger partial charge on any atom is 0.331 e. The van der Waals surface area contributed by atoms with E-state index in [2.05, 4.69) is 64.2 Å². The zero-order valence-corrected chi connectivity index (χ0v) is 17.9. The topological polar surface area (TPSA) is 31.2 Å². The number of hydrogen-bond donors (Lipinski definition) is 0. The zero-order chi connectivity index (χ0) is 18.7. The molecule has 0 aromatic carbocycles. The molecule has 0 saturated carbocycles. The van der Waals surface area contributed by atoms with Gasteiger partial charge >= 0.3 is 5.97 Å². The minimum atomic E-state index is -1.71. The van der Waals surface area contributed by atoms with E-state index in [-0.39, 0.29) is 5.97 Å². The molecule has 1 rings (SSSR count). The molecule has 3 nitrogen and oxygen atoms in total. The van der Waals surface area contributed by atoms with E-state index in [1.54, 1.807) is 0 Å².